The predicted octanol–water partition coefficient (Wildman–Crippen LogP) is 1.13. The van der Waals surface area contributed by atoms with Crippen molar-refractivity contribution in [2.24, 2.45) is 5.41 Å². The molecule has 3 heterocycles. The topological polar surface area (TPSA) is 103 Å². The maximum absolute atomic E-state index is 12.2. The first-order valence-electron chi connectivity index (χ1n) is 7.73. The van der Waals surface area contributed by atoms with Crippen LogP contribution in [0.3, 0.4) is 0 Å². The molecule has 8 heteroatoms. The third kappa shape index (κ3) is 4.04. The quantitative estimate of drug-likeness (QED) is 0.775. The van der Waals surface area contributed by atoms with E-state index in [-0.39, 0.29) is 17.9 Å². The van der Waals surface area contributed by atoms with E-state index in [0.29, 0.717) is 42.8 Å². The van der Waals surface area contributed by atoms with E-state index >= 15 is 0 Å². The molecule has 2 aromatic rings. The van der Waals surface area contributed by atoms with Gasteiger partial charge in [-0.3, -0.25) is 4.79 Å². The molecule has 132 valence electrons. The summed E-state index contributed by atoms with van der Waals surface area (Å²) < 4.78 is 15.8. The van der Waals surface area contributed by atoms with Gasteiger partial charge in [-0.1, -0.05) is 0 Å². The monoisotopic (exact) mass is 345 g/mol. The minimum absolute atomic E-state index is 0.00610. The molecule has 0 radical (unpaired) electrons. The highest BCUT2D eigenvalue weighted by molar-refractivity contribution is 6.03. The van der Waals surface area contributed by atoms with Gasteiger partial charge in [0.05, 0.1) is 37.9 Å². The minimum Gasteiger partial charge on any atom is -0.493 e. The summed E-state index contributed by atoms with van der Waals surface area (Å²) in [5, 5.41) is 12.1. The highest BCUT2D eigenvalue weighted by atomic mass is 16.5. The second-order valence-electron chi connectivity index (χ2n) is 5.86. The summed E-state index contributed by atoms with van der Waals surface area (Å²) in [6, 6.07) is 6.54. The summed E-state index contributed by atoms with van der Waals surface area (Å²) in [6.07, 6.45) is 2.97. The van der Waals surface area contributed by atoms with Crippen LogP contribution in [0.15, 0.2) is 36.7 Å². The maximum atomic E-state index is 12.2. The van der Waals surface area contributed by atoms with Crippen LogP contribution >= 0.6 is 0 Å². The number of ether oxygens (including phenoxy) is 3. The van der Waals surface area contributed by atoms with Gasteiger partial charge in [-0.15, -0.1) is 0 Å². The van der Waals surface area contributed by atoms with Crippen molar-refractivity contribution in [3.8, 4) is 11.6 Å². The maximum Gasteiger partial charge on any atom is 0.258 e. The SMILES string of the molecule is COc1ccc(C(=O)Nc2cc(OCC3(CO)COC3)ccn2)cn1. The van der Waals surface area contributed by atoms with Gasteiger partial charge in [0.25, 0.3) is 5.91 Å². The van der Waals surface area contributed by atoms with Gasteiger partial charge >= 0.3 is 0 Å². The lowest BCUT2D eigenvalue weighted by atomic mass is 9.88. The summed E-state index contributed by atoms with van der Waals surface area (Å²) in [5.74, 6) is 1.01. The number of hydrogen-bond acceptors (Lipinski definition) is 7. The lowest BCUT2D eigenvalue weighted by molar-refractivity contribution is -0.153. The molecule has 0 unspecified atom stereocenters. The Morgan fingerprint density at radius 2 is 2.20 bits per heavy atom. The number of amides is 1. The number of anilines is 1. The average Bonchev–Trinajstić information content (AvgIpc) is 2.61. The van der Waals surface area contributed by atoms with Gasteiger partial charge in [-0.05, 0) is 12.1 Å². The Bertz CT molecular complexity index is 726. The van der Waals surface area contributed by atoms with Crippen LogP contribution in [0.4, 0.5) is 5.82 Å². The van der Waals surface area contributed by atoms with Gasteiger partial charge in [0, 0.05) is 24.5 Å². The number of nitrogens with one attached hydrogen (secondary N) is 1. The molecule has 0 aliphatic carbocycles. The van der Waals surface area contributed by atoms with E-state index in [4.69, 9.17) is 14.2 Å². The molecule has 0 bridgehead atoms. The zero-order chi connectivity index (χ0) is 17.7. The van der Waals surface area contributed by atoms with Crippen molar-refractivity contribution in [3.63, 3.8) is 0 Å². The van der Waals surface area contributed by atoms with Gasteiger partial charge in [0.2, 0.25) is 5.88 Å². The summed E-state index contributed by atoms with van der Waals surface area (Å²) in [6.45, 7) is 1.29. The fourth-order valence-corrected chi connectivity index (χ4v) is 2.24. The number of rotatable bonds is 7. The van der Waals surface area contributed by atoms with E-state index in [1.54, 1.807) is 30.5 Å². The molecule has 0 saturated carbocycles. The Balaban J connectivity index is 1.61. The van der Waals surface area contributed by atoms with Crippen LogP contribution in [0.5, 0.6) is 11.6 Å². The van der Waals surface area contributed by atoms with Crippen LogP contribution in [0.25, 0.3) is 0 Å². The number of pyridine rings is 2. The largest absolute Gasteiger partial charge is 0.493 e. The zero-order valence-corrected chi connectivity index (χ0v) is 13.8. The van der Waals surface area contributed by atoms with Crippen LogP contribution in [0, 0.1) is 5.41 Å². The van der Waals surface area contributed by atoms with Gasteiger partial charge in [-0.25, -0.2) is 9.97 Å². The molecular formula is C17H19N3O5. The van der Waals surface area contributed by atoms with E-state index in [2.05, 4.69) is 15.3 Å². The first-order valence-corrected chi connectivity index (χ1v) is 7.73. The van der Waals surface area contributed by atoms with E-state index in [1.807, 2.05) is 0 Å². The summed E-state index contributed by atoms with van der Waals surface area (Å²) in [4.78, 5) is 20.3. The van der Waals surface area contributed by atoms with Crippen molar-refractivity contribution in [2.75, 3.05) is 38.9 Å². The summed E-state index contributed by atoms with van der Waals surface area (Å²) in [7, 11) is 1.51. The number of aliphatic hydroxyl groups is 1. The van der Waals surface area contributed by atoms with Crippen LogP contribution in [-0.4, -0.2) is 54.5 Å². The Kier molecular flexibility index (Phi) is 5.11. The Morgan fingerprint density at radius 1 is 1.36 bits per heavy atom. The molecular weight excluding hydrogens is 326 g/mol. The van der Waals surface area contributed by atoms with E-state index in [1.165, 1.54) is 13.3 Å². The molecule has 8 nitrogen and oxygen atoms in total. The Morgan fingerprint density at radius 3 is 2.80 bits per heavy atom. The van der Waals surface area contributed by atoms with Gasteiger partial charge in [-0.2, -0.15) is 0 Å². The molecule has 0 atom stereocenters. The first kappa shape index (κ1) is 17.1. The lowest BCUT2D eigenvalue weighted by Gasteiger charge is -2.39. The molecule has 25 heavy (non-hydrogen) atoms. The smallest absolute Gasteiger partial charge is 0.258 e. The zero-order valence-electron chi connectivity index (χ0n) is 13.8. The second kappa shape index (κ2) is 7.45. The molecule has 1 fully saturated rings. The van der Waals surface area contributed by atoms with Crippen molar-refractivity contribution >= 4 is 11.7 Å². The third-order valence-corrected chi connectivity index (χ3v) is 3.88. The summed E-state index contributed by atoms with van der Waals surface area (Å²) in [5.41, 5.74) is 0.0429. The molecule has 2 aromatic heterocycles. The van der Waals surface area contributed by atoms with E-state index in [0.717, 1.165) is 0 Å². The molecule has 1 saturated heterocycles. The standard InChI is InChI=1S/C17H19N3O5/c1-23-15-3-2-12(7-19-15)16(22)20-14-6-13(4-5-18-14)25-11-17(8-21)9-24-10-17/h2-7,21H,8-11H2,1H3,(H,18,20,22). The number of carbonyl (C=O) groups is 1. The van der Waals surface area contributed by atoms with Crippen LogP contribution in [0.2, 0.25) is 0 Å². The average molecular weight is 345 g/mol. The van der Waals surface area contributed by atoms with Gasteiger partial charge in [0.15, 0.2) is 0 Å². The first-order chi connectivity index (χ1) is 12.1. The minimum atomic E-state index is -0.346. The molecule has 1 aliphatic heterocycles. The van der Waals surface area contributed by atoms with Crippen LogP contribution < -0.4 is 14.8 Å². The normalized spacial score (nSPS) is 15.1. The fraction of sp³-hybridized carbons (Fsp3) is 0.353. The lowest BCUT2D eigenvalue weighted by Crippen LogP contribution is -2.49. The van der Waals surface area contributed by atoms with E-state index in [9.17, 15) is 9.90 Å². The molecule has 3 rings (SSSR count). The number of methoxy groups -OCH3 is 1. The number of hydrogen-bond donors (Lipinski definition) is 2. The van der Waals surface area contributed by atoms with Gasteiger partial charge in [0.1, 0.15) is 18.2 Å². The fourth-order valence-electron chi connectivity index (χ4n) is 2.24. The summed E-state index contributed by atoms with van der Waals surface area (Å²) >= 11 is 0. The van der Waals surface area contributed by atoms with Crippen molar-refractivity contribution in [3.05, 3.63) is 42.2 Å². The van der Waals surface area contributed by atoms with Crippen molar-refractivity contribution in [2.45, 2.75) is 0 Å². The van der Waals surface area contributed by atoms with E-state index < -0.39 is 0 Å². The Labute approximate surface area is 144 Å². The molecule has 0 aromatic carbocycles. The molecule has 0 spiro atoms. The number of carbonyl (C=O) groups excluding carboxylic acids is 1. The van der Waals surface area contributed by atoms with Crippen molar-refractivity contribution < 1.29 is 24.1 Å². The molecule has 1 amide bonds. The number of nitrogens with zero attached hydrogens (tertiary/aromatic N) is 2. The van der Waals surface area contributed by atoms with Crippen LogP contribution in [0.1, 0.15) is 10.4 Å². The van der Waals surface area contributed by atoms with Crippen molar-refractivity contribution in [1.29, 1.82) is 0 Å². The highest BCUT2D eigenvalue weighted by Gasteiger charge is 2.39. The molecule has 2 N–H and O–H groups in total. The predicted molar refractivity (Wildman–Crippen MR) is 88.8 cm³/mol. The molecule has 1 aliphatic rings. The number of aliphatic hydroxyl groups excluding tert-OH is 1. The Hall–Kier alpha value is -2.71. The van der Waals surface area contributed by atoms with Gasteiger partial charge < -0.3 is 24.6 Å². The second-order valence-corrected chi connectivity index (χ2v) is 5.86. The van der Waals surface area contributed by atoms with Crippen molar-refractivity contribution in [1.82, 2.24) is 9.97 Å². The highest BCUT2D eigenvalue weighted by Crippen LogP contribution is 2.28. The third-order valence-electron chi connectivity index (χ3n) is 3.88. The van der Waals surface area contributed by atoms with Crippen LogP contribution in [-0.2, 0) is 4.74 Å². The number of aromatic nitrogens is 2.